The fraction of sp³-hybridized carbons (Fsp3) is 0.471. The molecule has 0 spiro atoms. The van der Waals surface area contributed by atoms with Gasteiger partial charge in [-0.15, -0.1) is 0 Å². The quantitative estimate of drug-likeness (QED) is 0.603. The van der Waals surface area contributed by atoms with E-state index in [1.54, 1.807) is 43.1 Å². The molecule has 0 saturated carbocycles. The molecular weight excluding hydrogens is 344 g/mol. The van der Waals surface area contributed by atoms with Crippen molar-refractivity contribution in [2.24, 2.45) is 0 Å². The minimum absolute atomic E-state index is 0.0780. The van der Waals surface area contributed by atoms with E-state index >= 15 is 0 Å². The number of hydrogen-bond donors (Lipinski definition) is 2. The SMILES string of the molecule is COC(=O)[C@H](CCSC)NC(=O)CCNC(=O)c1ccc(OC)cc1. The lowest BCUT2D eigenvalue weighted by Gasteiger charge is -2.16. The van der Waals surface area contributed by atoms with E-state index in [0.29, 0.717) is 17.7 Å². The lowest BCUT2D eigenvalue weighted by Crippen LogP contribution is -2.43. The number of ether oxygens (including phenoxy) is 2. The van der Waals surface area contributed by atoms with Crippen molar-refractivity contribution in [3.05, 3.63) is 29.8 Å². The Balaban J connectivity index is 2.41. The Kier molecular flexibility index (Phi) is 9.46. The zero-order valence-electron chi connectivity index (χ0n) is 14.7. The van der Waals surface area contributed by atoms with Gasteiger partial charge in [0.05, 0.1) is 14.2 Å². The van der Waals surface area contributed by atoms with Crippen LogP contribution >= 0.6 is 11.8 Å². The Hall–Kier alpha value is -2.22. The van der Waals surface area contributed by atoms with Crippen LogP contribution in [0.4, 0.5) is 0 Å². The molecule has 7 nitrogen and oxygen atoms in total. The number of hydrogen-bond acceptors (Lipinski definition) is 6. The molecule has 0 fully saturated rings. The number of esters is 1. The van der Waals surface area contributed by atoms with Crippen LogP contribution in [0.2, 0.25) is 0 Å². The fourth-order valence-electron chi connectivity index (χ4n) is 2.03. The Labute approximate surface area is 151 Å². The molecule has 8 heteroatoms. The summed E-state index contributed by atoms with van der Waals surface area (Å²) in [4.78, 5) is 35.6. The van der Waals surface area contributed by atoms with E-state index in [2.05, 4.69) is 15.4 Å². The highest BCUT2D eigenvalue weighted by Crippen LogP contribution is 2.11. The van der Waals surface area contributed by atoms with E-state index in [9.17, 15) is 14.4 Å². The third-order valence-electron chi connectivity index (χ3n) is 3.42. The van der Waals surface area contributed by atoms with Crippen LogP contribution < -0.4 is 15.4 Å². The van der Waals surface area contributed by atoms with Crippen molar-refractivity contribution in [2.75, 3.05) is 32.8 Å². The summed E-state index contributed by atoms with van der Waals surface area (Å²) >= 11 is 1.58. The van der Waals surface area contributed by atoms with E-state index in [0.717, 1.165) is 5.75 Å². The topological polar surface area (TPSA) is 93.7 Å². The molecule has 2 amide bonds. The molecule has 0 aliphatic carbocycles. The highest BCUT2D eigenvalue weighted by Gasteiger charge is 2.20. The average Bonchev–Trinajstić information content (AvgIpc) is 2.64. The second-order valence-corrected chi connectivity index (χ2v) is 6.14. The smallest absolute Gasteiger partial charge is 0.328 e. The van der Waals surface area contributed by atoms with Gasteiger partial charge in [0.1, 0.15) is 11.8 Å². The summed E-state index contributed by atoms with van der Waals surface area (Å²) < 4.78 is 9.72. The van der Waals surface area contributed by atoms with Crippen LogP contribution in [0.1, 0.15) is 23.2 Å². The lowest BCUT2D eigenvalue weighted by molar-refractivity contribution is -0.145. The molecule has 0 aliphatic heterocycles. The van der Waals surface area contributed by atoms with E-state index < -0.39 is 12.0 Å². The molecule has 0 aromatic heterocycles. The monoisotopic (exact) mass is 368 g/mol. The molecular formula is C17H24N2O5S. The molecule has 2 N–H and O–H groups in total. The zero-order valence-corrected chi connectivity index (χ0v) is 15.5. The van der Waals surface area contributed by atoms with Crippen LogP contribution in [0.15, 0.2) is 24.3 Å². The first-order valence-corrected chi connectivity index (χ1v) is 9.19. The van der Waals surface area contributed by atoms with Gasteiger partial charge in [0.25, 0.3) is 5.91 Å². The Morgan fingerprint density at radius 3 is 2.40 bits per heavy atom. The molecule has 1 atom stereocenters. The minimum Gasteiger partial charge on any atom is -0.497 e. The Morgan fingerprint density at radius 1 is 1.16 bits per heavy atom. The van der Waals surface area contributed by atoms with E-state index in [1.165, 1.54) is 7.11 Å². The molecule has 138 valence electrons. The number of benzene rings is 1. The largest absolute Gasteiger partial charge is 0.497 e. The maximum atomic E-state index is 12.0. The first-order valence-electron chi connectivity index (χ1n) is 7.80. The maximum absolute atomic E-state index is 12.0. The molecule has 1 aromatic rings. The molecule has 1 rings (SSSR count). The van der Waals surface area contributed by atoms with Gasteiger partial charge >= 0.3 is 5.97 Å². The van der Waals surface area contributed by atoms with Gasteiger partial charge in [0, 0.05) is 18.5 Å². The molecule has 0 unspecified atom stereocenters. The van der Waals surface area contributed by atoms with Gasteiger partial charge in [0.15, 0.2) is 0 Å². The molecule has 0 saturated heterocycles. The van der Waals surface area contributed by atoms with Gasteiger partial charge in [-0.05, 0) is 42.7 Å². The summed E-state index contributed by atoms with van der Waals surface area (Å²) in [7, 11) is 2.84. The maximum Gasteiger partial charge on any atom is 0.328 e. The van der Waals surface area contributed by atoms with Gasteiger partial charge in [-0.2, -0.15) is 11.8 Å². The number of methoxy groups -OCH3 is 2. The first kappa shape index (κ1) is 20.8. The normalized spacial score (nSPS) is 11.3. The summed E-state index contributed by atoms with van der Waals surface area (Å²) in [6.07, 6.45) is 2.50. The molecule has 0 radical (unpaired) electrons. The molecule has 0 bridgehead atoms. The van der Waals surface area contributed by atoms with E-state index in [1.807, 2.05) is 6.26 Å². The first-order chi connectivity index (χ1) is 12.0. The van der Waals surface area contributed by atoms with Crippen molar-refractivity contribution in [3.8, 4) is 5.75 Å². The second-order valence-electron chi connectivity index (χ2n) is 5.16. The summed E-state index contributed by atoms with van der Waals surface area (Å²) in [6, 6.07) is 6.00. The summed E-state index contributed by atoms with van der Waals surface area (Å²) in [6.45, 7) is 0.174. The van der Waals surface area contributed by atoms with Crippen LogP contribution in [-0.2, 0) is 14.3 Å². The van der Waals surface area contributed by atoms with Crippen molar-refractivity contribution >= 4 is 29.5 Å². The van der Waals surface area contributed by atoms with Gasteiger partial charge in [-0.3, -0.25) is 9.59 Å². The van der Waals surface area contributed by atoms with Gasteiger partial charge < -0.3 is 20.1 Å². The summed E-state index contributed by atoms with van der Waals surface area (Å²) in [5, 5.41) is 5.30. The van der Waals surface area contributed by atoms with Crippen molar-refractivity contribution < 1.29 is 23.9 Å². The minimum atomic E-state index is -0.665. The van der Waals surface area contributed by atoms with E-state index in [-0.39, 0.29) is 24.8 Å². The van der Waals surface area contributed by atoms with Crippen LogP contribution in [-0.4, -0.2) is 56.6 Å². The average molecular weight is 368 g/mol. The standard InChI is InChI=1S/C17H24N2O5S/c1-23-13-6-4-12(5-7-13)16(21)18-10-8-15(20)19-14(9-11-25-3)17(22)24-2/h4-7,14H,8-11H2,1-3H3,(H,18,21)(H,19,20)/t14-/m0/s1. The molecule has 1 aromatic carbocycles. The number of amides is 2. The predicted octanol–water partition coefficient (Wildman–Crippen LogP) is 1.23. The summed E-state index contributed by atoms with van der Waals surface area (Å²) in [5.41, 5.74) is 0.480. The van der Waals surface area contributed by atoms with Crippen LogP contribution in [0.3, 0.4) is 0 Å². The van der Waals surface area contributed by atoms with E-state index in [4.69, 9.17) is 4.74 Å². The highest BCUT2D eigenvalue weighted by molar-refractivity contribution is 7.98. The predicted molar refractivity (Wildman–Crippen MR) is 96.9 cm³/mol. The third-order valence-corrected chi connectivity index (χ3v) is 4.07. The number of nitrogens with one attached hydrogen (secondary N) is 2. The van der Waals surface area contributed by atoms with Crippen molar-refractivity contribution in [1.29, 1.82) is 0 Å². The lowest BCUT2D eigenvalue weighted by atomic mass is 10.2. The molecule has 25 heavy (non-hydrogen) atoms. The van der Waals surface area contributed by atoms with Crippen molar-refractivity contribution in [3.63, 3.8) is 0 Å². The fourth-order valence-corrected chi connectivity index (χ4v) is 2.50. The second kappa shape index (κ2) is 11.4. The van der Waals surface area contributed by atoms with Crippen LogP contribution in [0, 0.1) is 0 Å². The number of carbonyl (C=O) groups is 3. The number of thioether (sulfide) groups is 1. The zero-order chi connectivity index (χ0) is 18.7. The third kappa shape index (κ3) is 7.47. The summed E-state index contributed by atoms with van der Waals surface area (Å²) in [5.74, 6) is 0.336. The van der Waals surface area contributed by atoms with Gasteiger partial charge in [-0.25, -0.2) is 4.79 Å². The Bertz CT molecular complexity index is 577. The number of rotatable bonds is 10. The van der Waals surface area contributed by atoms with Crippen molar-refractivity contribution in [2.45, 2.75) is 18.9 Å². The molecule has 0 aliphatic rings. The van der Waals surface area contributed by atoms with Crippen LogP contribution in [0.5, 0.6) is 5.75 Å². The molecule has 0 heterocycles. The number of carbonyl (C=O) groups excluding carboxylic acids is 3. The van der Waals surface area contributed by atoms with Gasteiger partial charge in [0.2, 0.25) is 5.91 Å². The van der Waals surface area contributed by atoms with Crippen molar-refractivity contribution in [1.82, 2.24) is 10.6 Å². The Morgan fingerprint density at radius 2 is 1.84 bits per heavy atom. The highest BCUT2D eigenvalue weighted by atomic mass is 32.2. The van der Waals surface area contributed by atoms with Crippen LogP contribution in [0.25, 0.3) is 0 Å². The van der Waals surface area contributed by atoms with Gasteiger partial charge in [-0.1, -0.05) is 0 Å².